The number of nitrogens with one attached hydrogen (secondary N) is 2. The summed E-state index contributed by atoms with van der Waals surface area (Å²) in [6.07, 6.45) is 0. The maximum Gasteiger partial charge on any atom is 0.321 e. The molecule has 3 rings (SSSR count). The quantitative estimate of drug-likeness (QED) is 0.754. The van der Waals surface area contributed by atoms with Gasteiger partial charge in [0, 0.05) is 36.7 Å². The first-order valence-corrected chi connectivity index (χ1v) is 6.97. The Morgan fingerprint density at radius 3 is 2.57 bits per heavy atom. The van der Waals surface area contributed by atoms with Crippen molar-refractivity contribution in [1.29, 1.82) is 0 Å². The number of amides is 2. The number of urea groups is 1. The highest BCUT2D eigenvalue weighted by Crippen LogP contribution is 2.20. The lowest BCUT2D eigenvalue weighted by molar-refractivity contribution is 0.252. The Balaban J connectivity index is 1.65. The molecule has 5 heteroatoms. The molecule has 1 saturated heterocycles. The number of benzene rings is 2. The summed E-state index contributed by atoms with van der Waals surface area (Å²) >= 11 is 0. The van der Waals surface area contributed by atoms with Gasteiger partial charge in [-0.2, -0.15) is 0 Å². The van der Waals surface area contributed by atoms with E-state index < -0.39 is 0 Å². The van der Waals surface area contributed by atoms with E-state index in [0.29, 0.717) is 19.6 Å². The van der Waals surface area contributed by atoms with E-state index in [1.807, 2.05) is 48.5 Å². The van der Waals surface area contributed by atoms with Crippen LogP contribution in [0.3, 0.4) is 0 Å². The van der Waals surface area contributed by atoms with Gasteiger partial charge in [0.05, 0.1) is 0 Å². The zero-order valence-corrected chi connectivity index (χ0v) is 11.7. The smallest absolute Gasteiger partial charge is 0.321 e. The zero-order valence-electron chi connectivity index (χ0n) is 11.7. The molecule has 0 bridgehead atoms. The standard InChI is InChI=1S/C16H18N4O/c17-15-4-2-1-3-12(15)11-19-13-5-7-14(8-6-13)20-10-9-18-16(20)21/h1-8,19H,9-11,17H2,(H,18,21). The number of hydrogen-bond donors (Lipinski definition) is 3. The van der Waals surface area contributed by atoms with E-state index in [1.165, 1.54) is 0 Å². The number of anilines is 3. The van der Waals surface area contributed by atoms with Crippen LogP contribution in [0.1, 0.15) is 5.56 Å². The molecule has 0 unspecified atom stereocenters. The lowest BCUT2D eigenvalue weighted by Crippen LogP contribution is -2.27. The van der Waals surface area contributed by atoms with Crippen molar-refractivity contribution in [3.8, 4) is 0 Å². The Labute approximate surface area is 123 Å². The maximum atomic E-state index is 11.6. The lowest BCUT2D eigenvalue weighted by Gasteiger charge is -2.15. The molecule has 2 amide bonds. The summed E-state index contributed by atoms with van der Waals surface area (Å²) in [5.74, 6) is 0. The van der Waals surface area contributed by atoms with Crippen LogP contribution < -0.4 is 21.3 Å². The number of hydrogen-bond acceptors (Lipinski definition) is 3. The number of nitrogens with two attached hydrogens (primary N) is 1. The summed E-state index contributed by atoms with van der Waals surface area (Å²) in [6.45, 7) is 2.09. The minimum atomic E-state index is -0.0345. The normalized spacial score (nSPS) is 14.1. The summed E-state index contributed by atoms with van der Waals surface area (Å²) < 4.78 is 0. The fourth-order valence-electron chi connectivity index (χ4n) is 2.37. The van der Waals surface area contributed by atoms with Crippen molar-refractivity contribution in [3.63, 3.8) is 0 Å². The van der Waals surface area contributed by atoms with E-state index in [1.54, 1.807) is 4.90 Å². The molecule has 2 aromatic rings. The topological polar surface area (TPSA) is 70.4 Å². The predicted molar refractivity (Wildman–Crippen MR) is 85.4 cm³/mol. The first-order valence-electron chi connectivity index (χ1n) is 6.97. The van der Waals surface area contributed by atoms with Gasteiger partial charge in [-0.25, -0.2) is 4.79 Å². The van der Waals surface area contributed by atoms with Crippen molar-refractivity contribution in [2.24, 2.45) is 0 Å². The molecule has 1 aliphatic rings. The van der Waals surface area contributed by atoms with Crippen molar-refractivity contribution >= 4 is 23.1 Å². The van der Waals surface area contributed by atoms with Crippen LogP contribution in [0.5, 0.6) is 0 Å². The van der Waals surface area contributed by atoms with Crippen LogP contribution in [0.4, 0.5) is 21.9 Å². The highest BCUT2D eigenvalue weighted by molar-refractivity contribution is 5.94. The van der Waals surface area contributed by atoms with Gasteiger partial charge >= 0.3 is 6.03 Å². The van der Waals surface area contributed by atoms with Gasteiger partial charge in [0.1, 0.15) is 0 Å². The highest BCUT2D eigenvalue weighted by atomic mass is 16.2. The SMILES string of the molecule is Nc1ccccc1CNc1ccc(N2CCNC2=O)cc1. The highest BCUT2D eigenvalue weighted by Gasteiger charge is 2.20. The molecule has 0 aromatic heterocycles. The van der Waals surface area contributed by atoms with Crippen molar-refractivity contribution in [3.05, 3.63) is 54.1 Å². The number of rotatable bonds is 4. The average molecular weight is 282 g/mol. The Bertz CT molecular complexity index is 639. The van der Waals surface area contributed by atoms with Crippen LogP contribution in [0.15, 0.2) is 48.5 Å². The molecule has 1 aliphatic heterocycles. The molecule has 108 valence electrons. The molecule has 0 saturated carbocycles. The second-order valence-electron chi connectivity index (χ2n) is 4.98. The number of nitrogen functional groups attached to an aromatic ring is 1. The zero-order chi connectivity index (χ0) is 14.7. The minimum absolute atomic E-state index is 0.0345. The Morgan fingerprint density at radius 2 is 1.90 bits per heavy atom. The summed E-state index contributed by atoms with van der Waals surface area (Å²) in [4.78, 5) is 13.3. The van der Waals surface area contributed by atoms with Crippen LogP contribution in [0, 0.1) is 0 Å². The second-order valence-corrected chi connectivity index (χ2v) is 4.98. The van der Waals surface area contributed by atoms with Crippen molar-refractivity contribution in [2.45, 2.75) is 6.54 Å². The number of nitrogens with zero attached hydrogens (tertiary/aromatic N) is 1. The average Bonchev–Trinajstić information content (AvgIpc) is 2.93. The van der Waals surface area contributed by atoms with Crippen molar-refractivity contribution < 1.29 is 4.79 Å². The predicted octanol–water partition coefficient (Wildman–Crippen LogP) is 2.41. The van der Waals surface area contributed by atoms with E-state index in [9.17, 15) is 4.79 Å². The van der Waals surface area contributed by atoms with Gasteiger partial charge in [0.2, 0.25) is 0 Å². The van der Waals surface area contributed by atoms with Crippen LogP contribution in [-0.2, 0) is 6.54 Å². The Hall–Kier alpha value is -2.69. The van der Waals surface area contributed by atoms with E-state index >= 15 is 0 Å². The first-order chi connectivity index (χ1) is 10.2. The molecule has 21 heavy (non-hydrogen) atoms. The molecule has 0 aliphatic carbocycles. The van der Waals surface area contributed by atoms with Gasteiger partial charge in [-0.05, 0) is 35.9 Å². The van der Waals surface area contributed by atoms with Crippen LogP contribution >= 0.6 is 0 Å². The number of para-hydroxylation sites is 1. The first kappa shape index (κ1) is 13.3. The van der Waals surface area contributed by atoms with E-state index in [-0.39, 0.29) is 6.03 Å². The third-order valence-electron chi connectivity index (χ3n) is 3.57. The second kappa shape index (κ2) is 5.75. The van der Waals surface area contributed by atoms with Gasteiger partial charge in [0.15, 0.2) is 0 Å². The molecular weight excluding hydrogens is 264 g/mol. The Kier molecular flexibility index (Phi) is 3.64. The lowest BCUT2D eigenvalue weighted by atomic mass is 10.2. The molecule has 0 radical (unpaired) electrons. The van der Waals surface area contributed by atoms with Crippen LogP contribution in [0.25, 0.3) is 0 Å². The van der Waals surface area contributed by atoms with Gasteiger partial charge in [-0.3, -0.25) is 4.90 Å². The molecule has 2 aromatic carbocycles. The number of carbonyl (C=O) groups excluding carboxylic acids is 1. The number of carbonyl (C=O) groups is 1. The fourth-order valence-corrected chi connectivity index (χ4v) is 2.37. The van der Waals surface area contributed by atoms with Gasteiger partial charge < -0.3 is 16.4 Å². The van der Waals surface area contributed by atoms with E-state index in [2.05, 4.69) is 10.6 Å². The van der Waals surface area contributed by atoms with Crippen molar-refractivity contribution in [2.75, 3.05) is 29.0 Å². The summed E-state index contributed by atoms with van der Waals surface area (Å²) in [5, 5.41) is 6.12. The largest absolute Gasteiger partial charge is 0.398 e. The van der Waals surface area contributed by atoms with E-state index in [0.717, 1.165) is 22.6 Å². The van der Waals surface area contributed by atoms with Gasteiger partial charge in [-0.15, -0.1) is 0 Å². The molecule has 1 fully saturated rings. The third kappa shape index (κ3) is 2.91. The molecular formula is C16H18N4O. The summed E-state index contributed by atoms with van der Waals surface area (Å²) in [5.41, 5.74) is 9.69. The third-order valence-corrected chi connectivity index (χ3v) is 3.57. The molecule has 0 atom stereocenters. The molecule has 5 nitrogen and oxygen atoms in total. The molecule has 1 heterocycles. The van der Waals surface area contributed by atoms with Crippen molar-refractivity contribution in [1.82, 2.24) is 5.32 Å². The monoisotopic (exact) mass is 282 g/mol. The Morgan fingerprint density at radius 1 is 1.14 bits per heavy atom. The van der Waals surface area contributed by atoms with E-state index in [4.69, 9.17) is 5.73 Å². The molecule has 0 spiro atoms. The van der Waals surface area contributed by atoms with Gasteiger partial charge in [-0.1, -0.05) is 18.2 Å². The molecule has 4 N–H and O–H groups in total. The summed E-state index contributed by atoms with van der Waals surface area (Å²) in [7, 11) is 0. The maximum absolute atomic E-state index is 11.6. The van der Waals surface area contributed by atoms with Gasteiger partial charge in [0.25, 0.3) is 0 Å². The summed E-state index contributed by atoms with van der Waals surface area (Å²) in [6, 6.07) is 15.6. The fraction of sp³-hybridized carbons (Fsp3) is 0.188. The van der Waals surface area contributed by atoms with Crippen LogP contribution in [-0.4, -0.2) is 19.1 Å². The minimum Gasteiger partial charge on any atom is -0.398 e. The van der Waals surface area contributed by atoms with Crippen LogP contribution in [0.2, 0.25) is 0 Å².